The van der Waals surface area contributed by atoms with Crippen molar-refractivity contribution in [3.05, 3.63) is 76.3 Å². The quantitative estimate of drug-likeness (QED) is 0.620. The summed E-state index contributed by atoms with van der Waals surface area (Å²) in [4.78, 5) is 31.6. The van der Waals surface area contributed by atoms with Crippen molar-refractivity contribution in [1.29, 1.82) is 0 Å². The van der Waals surface area contributed by atoms with Gasteiger partial charge in [0.15, 0.2) is 6.04 Å². The maximum atomic E-state index is 13.3. The molecule has 2 aromatic carbocycles. The first kappa shape index (κ1) is 19.1. The van der Waals surface area contributed by atoms with E-state index in [-0.39, 0.29) is 5.82 Å². The Labute approximate surface area is 172 Å². The van der Waals surface area contributed by atoms with E-state index in [2.05, 4.69) is 10.1 Å². The second-order valence-corrected chi connectivity index (χ2v) is 7.13. The van der Waals surface area contributed by atoms with E-state index in [9.17, 15) is 9.59 Å². The Kier molecular flexibility index (Phi) is 5.07. The van der Waals surface area contributed by atoms with Crippen molar-refractivity contribution < 1.29 is 14.3 Å². The minimum Gasteiger partial charge on any atom is -0.467 e. The first-order valence-electron chi connectivity index (χ1n) is 9.16. The first-order valence-corrected chi connectivity index (χ1v) is 9.54. The summed E-state index contributed by atoms with van der Waals surface area (Å²) in [5.41, 5.74) is 2.42. The summed E-state index contributed by atoms with van der Waals surface area (Å²) in [5.74, 6) is -0.388. The van der Waals surface area contributed by atoms with Gasteiger partial charge in [-0.3, -0.25) is 4.79 Å². The smallest absolute Gasteiger partial charge is 0.333 e. The third-order valence-corrected chi connectivity index (χ3v) is 5.33. The molecule has 148 valence electrons. The molecule has 0 spiro atoms. The predicted octanol–water partition coefficient (Wildman–Crippen LogP) is 3.14. The number of rotatable bonds is 3. The van der Waals surface area contributed by atoms with Gasteiger partial charge in [-0.25, -0.2) is 14.5 Å². The van der Waals surface area contributed by atoms with Gasteiger partial charge in [0, 0.05) is 6.54 Å². The van der Waals surface area contributed by atoms with Gasteiger partial charge in [0.2, 0.25) is 5.82 Å². The summed E-state index contributed by atoms with van der Waals surface area (Å²) in [6.07, 6.45) is 0.639. The average molecular weight is 411 g/mol. The number of nitrogens with zero attached hydrogens (tertiary/aromatic N) is 4. The van der Waals surface area contributed by atoms with Gasteiger partial charge in [-0.05, 0) is 36.6 Å². The molecule has 0 bridgehead atoms. The molecule has 0 unspecified atom stereocenters. The summed E-state index contributed by atoms with van der Waals surface area (Å²) >= 11 is 6.26. The van der Waals surface area contributed by atoms with Crippen molar-refractivity contribution in [2.75, 3.05) is 13.7 Å². The largest absolute Gasteiger partial charge is 0.467 e. The Morgan fingerprint density at radius 3 is 2.62 bits per heavy atom. The zero-order chi connectivity index (χ0) is 20.5. The summed E-state index contributed by atoms with van der Waals surface area (Å²) in [6, 6.07) is 13.9. The third kappa shape index (κ3) is 3.38. The van der Waals surface area contributed by atoms with E-state index in [1.54, 1.807) is 19.1 Å². The molecular weight excluding hydrogens is 392 g/mol. The average Bonchev–Trinajstić information content (AvgIpc) is 3.13. The number of para-hydroxylation sites is 1. The van der Waals surface area contributed by atoms with Gasteiger partial charge in [-0.15, -0.1) is 5.10 Å². The summed E-state index contributed by atoms with van der Waals surface area (Å²) in [7, 11) is 1.32. The lowest BCUT2D eigenvalue weighted by Crippen LogP contribution is -2.44. The summed E-state index contributed by atoms with van der Waals surface area (Å²) < 4.78 is 6.51. The normalized spacial score (nSPS) is 15.7. The summed E-state index contributed by atoms with van der Waals surface area (Å²) in [6.45, 7) is 2.12. The van der Waals surface area contributed by atoms with Crippen LogP contribution in [0.25, 0.3) is 5.69 Å². The van der Waals surface area contributed by atoms with Crippen molar-refractivity contribution in [3.8, 4) is 5.69 Å². The molecule has 3 aromatic rings. The molecule has 0 N–H and O–H groups in total. The van der Waals surface area contributed by atoms with Crippen LogP contribution in [0.4, 0.5) is 0 Å². The van der Waals surface area contributed by atoms with Crippen LogP contribution < -0.4 is 0 Å². The van der Waals surface area contributed by atoms with E-state index in [1.165, 1.54) is 16.7 Å². The Hall–Kier alpha value is -3.19. The number of methoxy groups -OCH3 is 1. The molecule has 1 aromatic heterocycles. The maximum Gasteiger partial charge on any atom is 0.333 e. The number of halogens is 1. The van der Waals surface area contributed by atoms with Crippen molar-refractivity contribution in [2.24, 2.45) is 0 Å². The van der Waals surface area contributed by atoms with Crippen LogP contribution in [-0.4, -0.2) is 45.2 Å². The zero-order valence-corrected chi connectivity index (χ0v) is 16.8. The van der Waals surface area contributed by atoms with Crippen molar-refractivity contribution in [2.45, 2.75) is 19.4 Å². The minimum absolute atomic E-state index is 0.00991. The van der Waals surface area contributed by atoms with Gasteiger partial charge in [0.25, 0.3) is 5.91 Å². The third-order valence-electron chi connectivity index (χ3n) is 5.01. The molecule has 1 atom stereocenters. The number of hydrogen-bond donors (Lipinski definition) is 0. The van der Waals surface area contributed by atoms with E-state index in [4.69, 9.17) is 16.3 Å². The lowest BCUT2D eigenvalue weighted by atomic mass is 9.92. The predicted molar refractivity (Wildman–Crippen MR) is 107 cm³/mol. The number of aryl methyl sites for hydroxylation is 1. The fraction of sp³-hybridized carbons (Fsp3) is 0.238. The molecule has 0 radical (unpaired) electrons. The fourth-order valence-electron chi connectivity index (χ4n) is 3.61. The molecule has 4 rings (SSSR count). The van der Waals surface area contributed by atoms with Gasteiger partial charge in [0.05, 0.1) is 17.8 Å². The number of esters is 1. The highest BCUT2D eigenvalue weighted by Gasteiger charge is 2.38. The Morgan fingerprint density at radius 2 is 1.86 bits per heavy atom. The Morgan fingerprint density at radius 1 is 1.14 bits per heavy atom. The second kappa shape index (κ2) is 7.67. The number of carbonyl (C=O) groups excluding carboxylic acids is 2. The molecule has 1 aliphatic heterocycles. The highest BCUT2D eigenvalue weighted by molar-refractivity contribution is 6.32. The summed E-state index contributed by atoms with van der Waals surface area (Å²) in [5, 5.41) is 4.87. The molecule has 0 saturated heterocycles. The van der Waals surface area contributed by atoms with Crippen LogP contribution in [-0.2, 0) is 16.0 Å². The number of amides is 1. The molecule has 2 heterocycles. The van der Waals surface area contributed by atoms with Crippen LogP contribution in [0.5, 0.6) is 0 Å². The molecular formula is C21H19ClN4O3. The molecule has 7 nitrogen and oxygen atoms in total. The topological polar surface area (TPSA) is 77.3 Å². The zero-order valence-electron chi connectivity index (χ0n) is 16.0. The van der Waals surface area contributed by atoms with E-state index >= 15 is 0 Å². The van der Waals surface area contributed by atoms with Crippen molar-refractivity contribution in [3.63, 3.8) is 0 Å². The van der Waals surface area contributed by atoms with Gasteiger partial charge < -0.3 is 9.64 Å². The molecule has 1 aliphatic rings. The van der Waals surface area contributed by atoms with Crippen LogP contribution in [0.1, 0.15) is 33.6 Å². The van der Waals surface area contributed by atoms with Crippen LogP contribution >= 0.6 is 11.6 Å². The van der Waals surface area contributed by atoms with Crippen molar-refractivity contribution >= 4 is 23.5 Å². The monoisotopic (exact) mass is 410 g/mol. The van der Waals surface area contributed by atoms with Crippen LogP contribution in [0.3, 0.4) is 0 Å². The van der Waals surface area contributed by atoms with Gasteiger partial charge in [0.1, 0.15) is 5.82 Å². The standard InChI is InChI=1S/C21H19ClN4O3/c1-13-23-19(24-26(13)17-10-6-5-9-16(17)22)20(27)25-12-11-14-7-3-4-8-15(14)18(25)21(28)29-2/h3-10,18H,11-12H2,1-2H3/t18-/m1/s1. The van der Waals surface area contributed by atoms with Crippen molar-refractivity contribution in [1.82, 2.24) is 19.7 Å². The highest BCUT2D eigenvalue weighted by Crippen LogP contribution is 2.31. The number of carbonyl (C=O) groups is 2. The minimum atomic E-state index is -0.829. The lowest BCUT2D eigenvalue weighted by Gasteiger charge is -2.34. The number of hydrogen-bond acceptors (Lipinski definition) is 5. The maximum absolute atomic E-state index is 13.3. The molecule has 29 heavy (non-hydrogen) atoms. The molecule has 1 amide bonds. The number of benzene rings is 2. The number of fused-ring (bicyclic) bond motifs is 1. The highest BCUT2D eigenvalue weighted by atomic mass is 35.5. The van der Waals surface area contributed by atoms with Crippen LogP contribution in [0, 0.1) is 6.92 Å². The van der Waals surface area contributed by atoms with E-state index < -0.39 is 17.9 Å². The molecule has 0 fully saturated rings. The van der Waals surface area contributed by atoms with E-state index in [0.717, 1.165) is 11.1 Å². The molecule has 8 heteroatoms. The van der Waals surface area contributed by atoms with E-state index in [1.807, 2.05) is 36.4 Å². The Bertz CT molecular complexity index is 1100. The molecule has 0 saturated carbocycles. The molecule has 0 aliphatic carbocycles. The second-order valence-electron chi connectivity index (χ2n) is 6.72. The fourth-order valence-corrected chi connectivity index (χ4v) is 3.83. The first-order chi connectivity index (χ1) is 14.0. The number of aromatic nitrogens is 3. The van der Waals surface area contributed by atoms with Gasteiger partial charge in [-0.2, -0.15) is 0 Å². The van der Waals surface area contributed by atoms with Crippen LogP contribution in [0.2, 0.25) is 5.02 Å². The van der Waals surface area contributed by atoms with E-state index in [0.29, 0.717) is 29.5 Å². The van der Waals surface area contributed by atoms with Gasteiger partial charge >= 0.3 is 5.97 Å². The SMILES string of the molecule is COC(=O)[C@H]1c2ccccc2CCN1C(=O)c1nc(C)n(-c2ccccc2Cl)n1. The van der Waals surface area contributed by atoms with Gasteiger partial charge in [-0.1, -0.05) is 48.0 Å². The Balaban J connectivity index is 1.72. The number of ether oxygens (including phenoxy) is 1. The van der Waals surface area contributed by atoms with Crippen LogP contribution in [0.15, 0.2) is 48.5 Å². The lowest BCUT2D eigenvalue weighted by molar-refractivity contribution is -0.146.